The minimum absolute atomic E-state index is 0.190. The minimum Gasteiger partial charge on any atom is -0.408 e. The van der Waals surface area contributed by atoms with E-state index in [-0.39, 0.29) is 15.7 Å². The van der Waals surface area contributed by atoms with Gasteiger partial charge in [0.1, 0.15) is 0 Å². The Bertz CT molecular complexity index is 349. The van der Waals surface area contributed by atoms with Gasteiger partial charge in [-0.15, -0.1) is 0 Å². The summed E-state index contributed by atoms with van der Waals surface area (Å²) in [7, 11) is 0.190. The van der Waals surface area contributed by atoms with Crippen LogP contribution in [-0.4, -0.2) is 28.9 Å². The number of ether oxygens (including phenoxy) is 2. The zero-order valence-corrected chi connectivity index (χ0v) is 12.0. The summed E-state index contributed by atoms with van der Waals surface area (Å²) in [5.41, 5.74) is 2.23. The maximum absolute atomic E-state index is 5.63. The zero-order chi connectivity index (χ0) is 13.2. The Morgan fingerprint density at radius 1 is 1.28 bits per heavy atom. The normalized spacial score (nSPS) is 10.8. The quantitative estimate of drug-likeness (QED) is 0.507. The molecule has 0 fully saturated rings. The fourth-order valence-electron chi connectivity index (χ4n) is 1.42. The van der Waals surface area contributed by atoms with Crippen LogP contribution in [0.5, 0.6) is 0 Å². The molecule has 1 aromatic rings. The molecule has 0 spiro atoms. The van der Waals surface area contributed by atoms with Gasteiger partial charge in [-0.05, 0) is 31.0 Å². The van der Waals surface area contributed by atoms with Crippen LogP contribution in [0, 0.1) is 0 Å². The lowest BCUT2D eigenvalue weighted by molar-refractivity contribution is -0.0903. The fraction of sp³-hybridized carbons (Fsp3) is 0.429. The highest BCUT2D eigenvalue weighted by Crippen LogP contribution is 2.07. The summed E-state index contributed by atoms with van der Waals surface area (Å²) >= 11 is 0. The Labute approximate surface area is 112 Å². The molecule has 0 aliphatic heterocycles. The monoisotopic (exact) mass is 264 g/mol. The van der Waals surface area contributed by atoms with Gasteiger partial charge in [0, 0.05) is 13.2 Å². The predicted octanol–water partition coefficient (Wildman–Crippen LogP) is 2.82. The van der Waals surface area contributed by atoms with Crippen LogP contribution in [0.1, 0.15) is 25.0 Å². The molecule has 3 nitrogen and oxygen atoms in total. The van der Waals surface area contributed by atoms with Gasteiger partial charge in [-0.3, -0.25) is 0 Å². The highest BCUT2D eigenvalue weighted by molar-refractivity contribution is 6.28. The number of hydrogen-bond acceptors (Lipinski definition) is 3. The molecule has 0 heterocycles. The Hall–Kier alpha value is -0.943. The van der Waals surface area contributed by atoms with Crippen LogP contribution >= 0.6 is 0 Å². The molecule has 0 atom stereocenters. The lowest BCUT2D eigenvalue weighted by Crippen LogP contribution is -2.26. The molecule has 0 N–H and O–H groups in total. The smallest absolute Gasteiger partial charge is 0.300 e. The standard InChI is InChI=1S/C14H20O3Si/c1-4-12-8-7-9-13(10-12)11-17-18-14(15-5-2)16-6-3/h4,7-10,14H,1,5-6,11H2,2-3H3. The Morgan fingerprint density at radius 3 is 2.61 bits per heavy atom. The van der Waals surface area contributed by atoms with Gasteiger partial charge in [0.05, 0.1) is 6.61 Å². The Balaban J connectivity index is 2.36. The molecule has 4 heteroatoms. The lowest BCUT2D eigenvalue weighted by atomic mass is 10.1. The summed E-state index contributed by atoms with van der Waals surface area (Å²) in [6.45, 7) is 9.48. The third kappa shape index (κ3) is 5.60. The highest BCUT2D eigenvalue weighted by Gasteiger charge is 2.10. The van der Waals surface area contributed by atoms with Crippen molar-refractivity contribution in [3.05, 3.63) is 42.0 Å². The van der Waals surface area contributed by atoms with Crippen LogP contribution in [0.25, 0.3) is 6.08 Å². The van der Waals surface area contributed by atoms with E-state index in [0.717, 1.165) is 11.1 Å². The largest absolute Gasteiger partial charge is 0.408 e. The molecule has 0 aliphatic rings. The SMILES string of the molecule is C=Cc1cccc(CO[Si]C(OCC)OCC)c1. The van der Waals surface area contributed by atoms with Crippen molar-refractivity contribution in [3.63, 3.8) is 0 Å². The molecular weight excluding hydrogens is 244 g/mol. The van der Waals surface area contributed by atoms with Gasteiger partial charge in [0.2, 0.25) is 0 Å². The molecular formula is C14H20O3Si. The van der Waals surface area contributed by atoms with Crippen molar-refractivity contribution in [2.75, 3.05) is 13.2 Å². The average molecular weight is 264 g/mol. The minimum atomic E-state index is -0.248. The molecule has 1 rings (SSSR count). The first-order chi connectivity index (χ1) is 8.80. The van der Waals surface area contributed by atoms with Gasteiger partial charge in [-0.1, -0.05) is 30.9 Å². The maximum atomic E-state index is 5.63. The van der Waals surface area contributed by atoms with Gasteiger partial charge in [0.25, 0.3) is 9.76 Å². The first-order valence-electron chi connectivity index (χ1n) is 6.12. The molecule has 0 saturated heterocycles. The van der Waals surface area contributed by atoms with Crippen molar-refractivity contribution in [2.24, 2.45) is 0 Å². The summed E-state index contributed by atoms with van der Waals surface area (Å²) in [5.74, 6) is -0.248. The second kappa shape index (κ2) is 9.05. The molecule has 0 aliphatic carbocycles. The third-order valence-corrected chi connectivity index (χ3v) is 3.08. The Morgan fingerprint density at radius 2 is 2.00 bits per heavy atom. The van der Waals surface area contributed by atoms with Crippen molar-refractivity contribution in [2.45, 2.75) is 26.4 Å². The summed E-state index contributed by atoms with van der Waals surface area (Å²) in [6, 6.07) is 8.12. The number of benzene rings is 1. The van der Waals surface area contributed by atoms with E-state index in [0.29, 0.717) is 19.8 Å². The van der Waals surface area contributed by atoms with Crippen molar-refractivity contribution >= 4 is 15.8 Å². The van der Waals surface area contributed by atoms with E-state index in [9.17, 15) is 0 Å². The van der Waals surface area contributed by atoms with E-state index in [2.05, 4.69) is 12.6 Å². The second-order valence-electron chi connectivity index (χ2n) is 3.60. The molecule has 0 aromatic heterocycles. The molecule has 0 bridgehead atoms. The van der Waals surface area contributed by atoms with E-state index >= 15 is 0 Å². The Kier molecular flexibility index (Phi) is 7.60. The van der Waals surface area contributed by atoms with Gasteiger partial charge < -0.3 is 13.9 Å². The van der Waals surface area contributed by atoms with Crippen molar-refractivity contribution in [1.29, 1.82) is 0 Å². The van der Waals surface area contributed by atoms with E-state index in [4.69, 9.17) is 13.9 Å². The summed E-state index contributed by atoms with van der Waals surface area (Å²) < 4.78 is 16.5. The second-order valence-corrected chi connectivity index (χ2v) is 4.59. The average Bonchev–Trinajstić information content (AvgIpc) is 2.39. The molecule has 0 amide bonds. The first-order valence-corrected chi connectivity index (χ1v) is 7.10. The molecule has 2 radical (unpaired) electrons. The molecule has 98 valence electrons. The molecule has 0 unspecified atom stereocenters. The van der Waals surface area contributed by atoms with E-state index in [1.54, 1.807) is 0 Å². The van der Waals surface area contributed by atoms with Crippen LogP contribution in [0.4, 0.5) is 0 Å². The summed E-state index contributed by atoms with van der Waals surface area (Å²) in [4.78, 5) is 0. The van der Waals surface area contributed by atoms with E-state index < -0.39 is 0 Å². The van der Waals surface area contributed by atoms with Crippen molar-refractivity contribution in [1.82, 2.24) is 0 Å². The predicted molar refractivity (Wildman–Crippen MR) is 74.1 cm³/mol. The molecule has 18 heavy (non-hydrogen) atoms. The van der Waals surface area contributed by atoms with Crippen LogP contribution < -0.4 is 0 Å². The van der Waals surface area contributed by atoms with Crippen molar-refractivity contribution in [3.8, 4) is 0 Å². The summed E-state index contributed by atoms with van der Waals surface area (Å²) in [5, 5.41) is 0. The van der Waals surface area contributed by atoms with E-state index in [1.807, 2.05) is 38.1 Å². The lowest BCUT2D eigenvalue weighted by Gasteiger charge is -2.15. The van der Waals surface area contributed by atoms with Gasteiger partial charge in [-0.25, -0.2) is 0 Å². The van der Waals surface area contributed by atoms with Gasteiger partial charge in [0.15, 0.2) is 5.91 Å². The maximum Gasteiger partial charge on any atom is 0.300 e. The van der Waals surface area contributed by atoms with E-state index in [1.165, 1.54) is 0 Å². The fourth-order valence-corrected chi connectivity index (χ4v) is 2.28. The highest BCUT2D eigenvalue weighted by atomic mass is 28.2. The molecule has 0 saturated carbocycles. The van der Waals surface area contributed by atoms with Crippen LogP contribution in [0.3, 0.4) is 0 Å². The topological polar surface area (TPSA) is 27.7 Å². The number of hydrogen-bond donors (Lipinski definition) is 0. The van der Waals surface area contributed by atoms with Crippen LogP contribution in [0.15, 0.2) is 30.8 Å². The summed E-state index contributed by atoms with van der Waals surface area (Å²) in [6.07, 6.45) is 1.83. The third-order valence-electron chi connectivity index (χ3n) is 2.24. The van der Waals surface area contributed by atoms with Crippen LogP contribution in [0.2, 0.25) is 0 Å². The zero-order valence-electron chi connectivity index (χ0n) is 11.0. The van der Waals surface area contributed by atoms with Gasteiger partial charge in [-0.2, -0.15) is 0 Å². The van der Waals surface area contributed by atoms with Gasteiger partial charge >= 0.3 is 0 Å². The molecule has 1 aromatic carbocycles. The number of rotatable bonds is 9. The van der Waals surface area contributed by atoms with Crippen molar-refractivity contribution < 1.29 is 13.9 Å². The first kappa shape index (κ1) is 15.1. The van der Waals surface area contributed by atoms with Crippen LogP contribution in [-0.2, 0) is 20.5 Å².